The number of rotatable bonds is 19. The molecule has 4 rings (SSSR count). The van der Waals surface area contributed by atoms with Crippen LogP contribution in [0.2, 0.25) is 0 Å². The summed E-state index contributed by atoms with van der Waals surface area (Å²) in [4.78, 5) is 25.4. The third-order valence-electron chi connectivity index (χ3n) is 8.74. The Balaban J connectivity index is 1.34. The van der Waals surface area contributed by atoms with Crippen LogP contribution in [0.3, 0.4) is 0 Å². The van der Waals surface area contributed by atoms with E-state index in [4.69, 9.17) is 4.74 Å². The first-order valence-corrected chi connectivity index (χ1v) is 16.8. The molecule has 0 spiro atoms. The fourth-order valence-electron chi connectivity index (χ4n) is 6.20. The molecule has 1 heterocycles. The Morgan fingerprint density at radius 1 is 0.778 bits per heavy atom. The maximum atomic E-state index is 13.6. The summed E-state index contributed by atoms with van der Waals surface area (Å²) < 4.78 is 7.17. The summed E-state index contributed by atoms with van der Waals surface area (Å²) in [7, 11) is 2.01. The zero-order chi connectivity index (χ0) is 31.9. The molecule has 238 valence electrons. The van der Waals surface area contributed by atoms with Crippen LogP contribution >= 0.6 is 0 Å². The Morgan fingerprint density at radius 3 is 1.93 bits per heavy atom. The van der Waals surface area contributed by atoms with E-state index in [1.807, 2.05) is 44.3 Å². The van der Waals surface area contributed by atoms with E-state index in [2.05, 4.69) is 77.5 Å². The number of esters is 1. The second kappa shape index (κ2) is 18.0. The summed E-state index contributed by atoms with van der Waals surface area (Å²) >= 11 is 0. The molecule has 0 atom stereocenters. The minimum absolute atomic E-state index is 0.0466. The minimum atomic E-state index is -0.168. The predicted molar refractivity (Wildman–Crippen MR) is 185 cm³/mol. The quantitative estimate of drug-likeness (QED) is 0.0856. The number of carbonyl (C=O) groups is 2. The third-order valence-corrected chi connectivity index (χ3v) is 8.74. The Kier molecular flexibility index (Phi) is 13.5. The van der Waals surface area contributed by atoms with Gasteiger partial charge in [-0.1, -0.05) is 67.6 Å². The molecule has 0 fully saturated rings. The number of hydrogen-bond donors (Lipinski definition) is 1. The predicted octanol–water partition coefficient (Wildman–Crippen LogP) is 8.78. The van der Waals surface area contributed by atoms with Crippen molar-refractivity contribution in [1.82, 2.24) is 4.57 Å². The number of aryl methyl sites for hydroxylation is 3. The van der Waals surface area contributed by atoms with Crippen molar-refractivity contribution in [2.24, 2.45) is 13.0 Å². The average Bonchev–Trinajstić information content (AvgIpc) is 3.39. The second-order valence-corrected chi connectivity index (χ2v) is 12.0. The van der Waals surface area contributed by atoms with Crippen LogP contribution in [0.15, 0.2) is 91.0 Å². The van der Waals surface area contributed by atoms with Gasteiger partial charge in [-0.05, 0) is 112 Å². The van der Waals surface area contributed by atoms with Crippen molar-refractivity contribution in [3.8, 4) is 0 Å². The Morgan fingerprint density at radius 2 is 1.38 bits per heavy atom. The number of ether oxygens (including phenoxy) is 1. The Hall–Kier alpha value is -4.12. The van der Waals surface area contributed by atoms with Crippen molar-refractivity contribution in [1.29, 1.82) is 0 Å². The summed E-state index contributed by atoms with van der Waals surface area (Å²) in [6.45, 7) is 5.23. The first-order chi connectivity index (χ1) is 22.0. The molecule has 0 aliphatic carbocycles. The van der Waals surface area contributed by atoms with Crippen molar-refractivity contribution in [3.05, 3.63) is 125 Å². The van der Waals surface area contributed by atoms with E-state index in [-0.39, 0.29) is 11.8 Å². The van der Waals surface area contributed by atoms with Gasteiger partial charge < -0.3 is 14.6 Å². The highest BCUT2D eigenvalue weighted by molar-refractivity contribution is 6.10. The molecular formula is C40H50N2O3. The second-order valence-electron chi connectivity index (χ2n) is 12.0. The van der Waals surface area contributed by atoms with Crippen LogP contribution < -0.4 is 5.32 Å². The number of aromatic nitrogens is 1. The number of benzene rings is 3. The van der Waals surface area contributed by atoms with Crippen molar-refractivity contribution in [2.75, 3.05) is 18.5 Å². The van der Waals surface area contributed by atoms with Gasteiger partial charge in [-0.3, -0.25) is 9.59 Å². The lowest BCUT2D eigenvalue weighted by molar-refractivity contribution is -0.143. The van der Waals surface area contributed by atoms with E-state index in [9.17, 15) is 9.59 Å². The minimum Gasteiger partial charge on any atom is -0.466 e. The van der Waals surface area contributed by atoms with Gasteiger partial charge in [0, 0.05) is 48.2 Å². The zero-order valence-electron chi connectivity index (χ0n) is 27.4. The van der Waals surface area contributed by atoms with Crippen LogP contribution in [0.25, 0.3) is 0 Å². The van der Waals surface area contributed by atoms with Crippen LogP contribution in [0.4, 0.5) is 5.69 Å². The molecule has 0 bridgehead atoms. The number of ketones is 1. The van der Waals surface area contributed by atoms with Crippen molar-refractivity contribution in [3.63, 3.8) is 0 Å². The van der Waals surface area contributed by atoms with Crippen LogP contribution in [-0.4, -0.2) is 29.5 Å². The lowest BCUT2D eigenvalue weighted by Gasteiger charge is -2.19. The highest BCUT2D eigenvalue weighted by Crippen LogP contribution is 2.23. The first kappa shape index (κ1) is 33.8. The highest BCUT2D eigenvalue weighted by Gasteiger charge is 2.19. The van der Waals surface area contributed by atoms with E-state index < -0.39 is 0 Å². The zero-order valence-corrected chi connectivity index (χ0v) is 27.4. The van der Waals surface area contributed by atoms with Crippen LogP contribution in [0.1, 0.15) is 90.8 Å². The SMILES string of the molecule is CCOC(=O)CCCc1cc(C(=O)c2ccc(NCC(CCCc3ccccc3)CCCc3ccccc3)cc2)c(CC)n1C. The van der Waals surface area contributed by atoms with Crippen LogP contribution in [-0.2, 0) is 42.3 Å². The lowest BCUT2D eigenvalue weighted by atomic mass is 9.93. The number of anilines is 1. The van der Waals surface area contributed by atoms with Crippen LogP contribution in [0, 0.1) is 5.92 Å². The van der Waals surface area contributed by atoms with E-state index in [0.717, 1.165) is 54.9 Å². The molecule has 5 heteroatoms. The van der Waals surface area contributed by atoms with Crippen molar-refractivity contribution in [2.45, 2.75) is 78.1 Å². The average molecular weight is 607 g/mol. The summed E-state index contributed by atoms with van der Waals surface area (Å²) in [6, 6.07) is 31.5. The molecule has 0 radical (unpaired) electrons. The summed E-state index contributed by atoms with van der Waals surface area (Å²) in [5.74, 6) is 0.459. The number of carbonyl (C=O) groups excluding carboxylic acids is 2. The van der Waals surface area contributed by atoms with Gasteiger partial charge in [0.25, 0.3) is 0 Å². The molecule has 1 N–H and O–H groups in total. The van der Waals surface area contributed by atoms with Gasteiger partial charge in [-0.25, -0.2) is 0 Å². The van der Waals surface area contributed by atoms with Gasteiger partial charge in [0.1, 0.15) is 0 Å². The lowest BCUT2D eigenvalue weighted by Crippen LogP contribution is -2.15. The van der Waals surface area contributed by atoms with Crippen molar-refractivity contribution < 1.29 is 14.3 Å². The molecule has 0 unspecified atom stereocenters. The van der Waals surface area contributed by atoms with E-state index in [1.54, 1.807) is 0 Å². The normalized spacial score (nSPS) is 11.1. The fourth-order valence-corrected chi connectivity index (χ4v) is 6.20. The van der Waals surface area contributed by atoms with E-state index in [0.29, 0.717) is 30.9 Å². The molecule has 4 aromatic rings. The van der Waals surface area contributed by atoms with Gasteiger partial charge >= 0.3 is 5.97 Å². The molecule has 3 aromatic carbocycles. The smallest absolute Gasteiger partial charge is 0.305 e. The molecular weight excluding hydrogens is 556 g/mol. The summed E-state index contributed by atoms with van der Waals surface area (Å²) in [5.41, 5.74) is 7.41. The first-order valence-electron chi connectivity index (χ1n) is 16.8. The van der Waals surface area contributed by atoms with Crippen molar-refractivity contribution >= 4 is 17.4 Å². The fraction of sp³-hybridized carbons (Fsp3) is 0.400. The molecule has 0 amide bonds. The molecule has 0 saturated carbocycles. The molecule has 5 nitrogen and oxygen atoms in total. The number of hydrogen-bond acceptors (Lipinski definition) is 4. The molecule has 0 aliphatic heterocycles. The molecule has 0 aliphatic rings. The van der Waals surface area contributed by atoms with Gasteiger partial charge in [0.05, 0.1) is 6.61 Å². The standard InChI is InChI=1S/C40H50N2O3/c1-4-38-37(29-36(42(38)3)23-14-24-39(43)45-5-2)40(44)34-25-27-35(28-26-34)41-30-33(21-12-19-31-15-8-6-9-16-31)22-13-20-32-17-10-7-11-18-32/h6-11,15-18,25-29,33,41H,4-5,12-14,19-24,30H2,1-3H3. The molecule has 1 aromatic heterocycles. The van der Waals surface area contributed by atoms with Gasteiger partial charge in [0.2, 0.25) is 0 Å². The maximum absolute atomic E-state index is 13.6. The highest BCUT2D eigenvalue weighted by atomic mass is 16.5. The maximum Gasteiger partial charge on any atom is 0.305 e. The van der Waals surface area contributed by atoms with Crippen LogP contribution in [0.5, 0.6) is 0 Å². The number of nitrogens with one attached hydrogen (secondary N) is 1. The molecule has 45 heavy (non-hydrogen) atoms. The van der Waals surface area contributed by atoms with Gasteiger partial charge in [-0.2, -0.15) is 0 Å². The monoisotopic (exact) mass is 606 g/mol. The molecule has 0 saturated heterocycles. The third kappa shape index (κ3) is 10.5. The Bertz CT molecular complexity index is 1410. The Labute approximate surface area is 270 Å². The largest absolute Gasteiger partial charge is 0.466 e. The van der Waals surface area contributed by atoms with Gasteiger partial charge in [0.15, 0.2) is 5.78 Å². The summed E-state index contributed by atoms with van der Waals surface area (Å²) in [5, 5.41) is 3.67. The van der Waals surface area contributed by atoms with E-state index in [1.165, 1.54) is 36.8 Å². The topological polar surface area (TPSA) is 60.3 Å². The van der Waals surface area contributed by atoms with Gasteiger partial charge in [-0.15, -0.1) is 0 Å². The summed E-state index contributed by atoms with van der Waals surface area (Å²) in [6.07, 6.45) is 9.53. The number of nitrogens with zero attached hydrogens (tertiary/aromatic N) is 1. The van der Waals surface area contributed by atoms with E-state index >= 15 is 0 Å².